The van der Waals surface area contributed by atoms with E-state index in [2.05, 4.69) is 4.98 Å². The van der Waals surface area contributed by atoms with Gasteiger partial charge in [0.1, 0.15) is 5.82 Å². The maximum absolute atomic E-state index is 13.1. The highest BCUT2D eigenvalue weighted by atomic mass is 35.5. The number of hydrogen-bond acceptors (Lipinski definition) is 1. The number of nitrogens with one attached hydrogen (secondary N) is 1. The van der Waals surface area contributed by atoms with Crippen molar-refractivity contribution in [3.05, 3.63) is 34.7 Å². The van der Waals surface area contributed by atoms with Gasteiger partial charge in [-0.15, -0.1) is 0 Å². The highest BCUT2D eigenvalue weighted by molar-refractivity contribution is 6.35. The van der Waals surface area contributed by atoms with Gasteiger partial charge < -0.3 is 10.7 Å². The van der Waals surface area contributed by atoms with Gasteiger partial charge in [0.2, 0.25) is 0 Å². The first-order valence-corrected chi connectivity index (χ1v) is 4.75. The molecule has 0 aliphatic carbocycles. The summed E-state index contributed by atoms with van der Waals surface area (Å²) in [6.45, 7) is 0.543. The van der Waals surface area contributed by atoms with E-state index in [0.717, 1.165) is 22.9 Å². The zero-order chi connectivity index (χ0) is 10.1. The Hall–Kier alpha value is -1.06. The van der Waals surface area contributed by atoms with Gasteiger partial charge >= 0.3 is 0 Å². The van der Waals surface area contributed by atoms with Crippen LogP contribution in [0.1, 0.15) is 5.56 Å². The molecular formula is C10H10ClFN2. The Balaban J connectivity index is 2.66. The van der Waals surface area contributed by atoms with Gasteiger partial charge in [-0.2, -0.15) is 0 Å². The Labute approximate surface area is 85.9 Å². The van der Waals surface area contributed by atoms with Crippen molar-refractivity contribution in [1.29, 1.82) is 0 Å². The SMILES string of the molecule is NCCc1c[nH]c2c(Cl)cc(F)cc12. The molecule has 0 fully saturated rings. The average molecular weight is 213 g/mol. The number of nitrogens with two attached hydrogens (primary N) is 1. The molecule has 0 amide bonds. The second-order valence-corrected chi connectivity index (χ2v) is 3.57. The quantitative estimate of drug-likeness (QED) is 0.789. The lowest BCUT2D eigenvalue weighted by atomic mass is 10.1. The third-order valence-electron chi connectivity index (χ3n) is 2.21. The van der Waals surface area contributed by atoms with Crippen LogP contribution in [-0.2, 0) is 6.42 Å². The second kappa shape index (κ2) is 3.59. The van der Waals surface area contributed by atoms with E-state index in [1.807, 2.05) is 6.20 Å². The van der Waals surface area contributed by atoms with E-state index in [0.29, 0.717) is 11.6 Å². The first kappa shape index (κ1) is 9.49. The fourth-order valence-corrected chi connectivity index (χ4v) is 1.83. The Morgan fingerprint density at radius 3 is 2.93 bits per heavy atom. The number of hydrogen-bond donors (Lipinski definition) is 2. The van der Waals surface area contributed by atoms with Crippen LogP contribution in [0.5, 0.6) is 0 Å². The number of fused-ring (bicyclic) bond motifs is 1. The predicted octanol–water partition coefficient (Wildman–Crippen LogP) is 2.46. The Bertz CT molecular complexity index is 464. The summed E-state index contributed by atoms with van der Waals surface area (Å²) in [5.74, 6) is -0.319. The summed E-state index contributed by atoms with van der Waals surface area (Å²) in [6.07, 6.45) is 2.54. The monoisotopic (exact) mass is 212 g/mol. The van der Waals surface area contributed by atoms with Gasteiger partial charge in [-0.05, 0) is 30.7 Å². The summed E-state index contributed by atoms with van der Waals surface area (Å²) in [5, 5.41) is 1.23. The average Bonchev–Trinajstić information content (AvgIpc) is 2.49. The number of rotatable bonds is 2. The van der Waals surface area contributed by atoms with Gasteiger partial charge in [-0.3, -0.25) is 0 Å². The zero-order valence-corrected chi connectivity index (χ0v) is 8.24. The van der Waals surface area contributed by atoms with Crippen molar-refractivity contribution in [1.82, 2.24) is 4.98 Å². The molecule has 0 radical (unpaired) electrons. The minimum absolute atomic E-state index is 0.319. The van der Waals surface area contributed by atoms with Crippen molar-refractivity contribution in [2.24, 2.45) is 5.73 Å². The van der Waals surface area contributed by atoms with Crippen molar-refractivity contribution in [3.63, 3.8) is 0 Å². The van der Waals surface area contributed by atoms with Crippen molar-refractivity contribution >= 4 is 22.5 Å². The molecule has 2 aromatic rings. The Morgan fingerprint density at radius 1 is 1.43 bits per heavy atom. The van der Waals surface area contributed by atoms with Gasteiger partial charge in [0.15, 0.2) is 0 Å². The largest absolute Gasteiger partial charge is 0.360 e. The van der Waals surface area contributed by atoms with Crippen molar-refractivity contribution in [3.8, 4) is 0 Å². The van der Waals surface area contributed by atoms with Gasteiger partial charge in [0.05, 0.1) is 10.5 Å². The maximum atomic E-state index is 13.1. The molecule has 0 atom stereocenters. The number of aromatic amines is 1. The summed E-state index contributed by atoms with van der Waals surface area (Å²) in [5.41, 5.74) is 7.22. The zero-order valence-electron chi connectivity index (χ0n) is 7.48. The minimum Gasteiger partial charge on any atom is -0.360 e. The molecule has 0 saturated carbocycles. The first-order chi connectivity index (χ1) is 6.72. The number of H-pyrrole nitrogens is 1. The molecule has 0 spiro atoms. The van der Waals surface area contributed by atoms with E-state index in [1.165, 1.54) is 12.1 Å². The molecule has 3 N–H and O–H groups in total. The lowest BCUT2D eigenvalue weighted by Gasteiger charge is -1.97. The standard InChI is InChI=1S/C10H10ClFN2/c11-9-4-7(12)3-8-6(1-2-13)5-14-10(8)9/h3-5,14H,1-2,13H2. The number of halogens is 2. The topological polar surface area (TPSA) is 41.8 Å². The van der Waals surface area contributed by atoms with Crippen LogP contribution in [0, 0.1) is 5.82 Å². The molecule has 4 heteroatoms. The minimum atomic E-state index is -0.319. The van der Waals surface area contributed by atoms with Crippen LogP contribution < -0.4 is 5.73 Å². The third kappa shape index (κ3) is 1.49. The van der Waals surface area contributed by atoms with E-state index in [4.69, 9.17) is 17.3 Å². The maximum Gasteiger partial charge on any atom is 0.125 e. The molecule has 1 heterocycles. The molecule has 0 unspecified atom stereocenters. The van der Waals surface area contributed by atoms with Gasteiger partial charge in [-0.1, -0.05) is 11.6 Å². The summed E-state index contributed by atoms with van der Waals surface area (Å²) in [6, 6.07) is 2.77. The summed E-state index contributed by atoms with van der Waals surface area (Å²) < 4.78 is 13.1. The molecule has 14 heavy (non-hydrogen) atoms. The van der Waals surface area contributed by atoms with Gasteiger partial charge in [0, 0.05) is 11.6 Å². The molecule has 2 rings (SSSR count). The second-order valence-electron chi connectivity index (χ2n) is 3.16. The third-order valence-corrected chi connectivity index (χ3v) is 2.50. The van der Waals surface area contributed by atoms with Crippen LogP contribution >= 0.6 is 11.6 Å². The Morgan fingerprint density at radius 2 is 2.21 bits per heavy atom. The summed E-state index contributed by atoms with van der Waals surface area (Å²) in [4.78, 5) is 3.01. The fraction of sp³-hybridized carbons (Fsp3) is 0.200. The first-order valence-electron chi connectivity index (χ1n) is 4.37. The summed E-state index contributed by atoms with van der Waals surface area (Å²) >= 11 is 5.87. The van der Waals surface area contributed by atoms with Crippen LogP contribution in [0.3, 0.4) is 0 Å². The molecule has 74 valence electrons. The molecule has 2 nitrogen and oxygen atoms in total. The highest BCUT2D eigenvalue weighted by Gasteiger charge is 2.07. The van der Waals surface area contributed by atoms with Crippen LogP contribution in [-0.4, -0.2) is 11.5 Å². The van der Waals surface area contributed by atoms with E-state index in [-0.39, 0.29) is 5.82 Å². The molecule has 0 bridgehead atoms. The van der Waals surface area contributed by atoms with Crippen molar-refractivity contribution in [2.75, 3.05) is 6.54 Å². The molecule has 0 aliphatic heterocycles. The number of aromatic nitrogens is 1. The van der Waals surface area contributed by atoms with Crippen LogP contribution in [0.2, 0.25) is 5.02 Å². The molecule has 1 aromatic carbocycles. The van der Waals surface area contributed by atoms with Crippen LogP contribution in [0.15, 0.2) is 18.3 Å². The molecule has 0 aliphatic rings. The normalized spacial score (nSPS) is 11.1. The summed E-state index contributed by atoms with van der Waals surface area (Å²) in [7, 11) is 0. The van der Waals surface area contributed by atoms with E-state index < -0.39 is 0 Å². The van der Waals surface area contributed by atoms with Crippen molar-refractivity contribution in [2.45, 2.75) is 6.42 Å². The van der Waals surface area contributed by atoms with Crippen LogP contribution in [0.25, 0.3) is 10.9 Å². The molecule has 1 aromatic heterocycles. The van der Waals surface area contributed by atoms with E-state index in [1.54, 1.807) is 0 Å². The van der Waals surface area contributed by atoms with E-state index in [9.17, 15) is 4.39 Å². The van der Waals surface area contributed by atoms with Crippen molar-refractivity contribution < 1.29 is 4.39 Å². The van der Waals surface area contributed by atoms with Gasteiger partial charge in [-0.25, -0.2) is 4.39 Å². The molecule has 0 saturated heterocycles. The van der Waals surface area contributed by atoms with Gasteiger partial charge in [0.25, 0.3) is 0 Å². The Kier molecular flexibility index (Phi) is 2.44. The number of benzene rings is 1. The lowest BCUT2D eigenvalue weighted by molar-refractivity contribution is 0.629. The fourth-order valence-electron chi connectivity index (χ4n) is 1.57. The predicted molar refractivity (Wildman–Crippen MR) is 56.0 cm³/mol. The highest BCUT2D eigenvalue weighted by Crippen LogP contribution is 2.26. The smallest absolute Gasteiger partial charge is 0.125 e. The van der Waals surface area contributed by atoms with Crippen LogP contribution in [0.4, 0.5) is 4.39 Å². The molecular weight excluding hydrogens is 203 g/mol. The van der Waals surface area contributed by atoms with E-state index >= 15 is 0 Å². The lowest BCUT2D eigenvalue weighted by Crippen LogP contribution is -2.01.